The van der Waals surface area contributed by atoms with E-state index in [9.17, 15) is 9.59 Å². The summed E-state index contributed by atoms with van der Waals surface area (Å²) >= 11 is 0. The summed E-state index contributed by atoms with van der Waals surface area (Å²) in [6.45, 7) is 0. The maximum absolute atomic E-state index is 12.2. The van der Waals surface area contributed by atoms with Gasteiger partial charge in [-0.25, -0.2) is 9.36 Å². The maximum Gasteiger partial charge on any atom is 0.418 e. The molecule has 0 aliphatic heterocycles. The van der Waals surface area contributed by atoms with Crippen LogP contribution in [0.2, 0.25) is 0 Å². The fourth-order valence-corrected chi connectivity index (χ4v) is 3.20. The number of pyridine rings is 1. The third kappa shape index (κ3) is 3.42. The Morgan fingerprint density at radius 3 is 2.43 bits per heavy atom. The quantitative estimate of drug-likeness (QED) is 0.908. The molecule has 1 aliphatic rings. The Morgan fingerprint density at radius 2 is 1.78 bits per heavy atom. The molecule has 0 atom stereocenters. The summed E-state index contributed by atoms with van der Waals surface area (Å²) in [5, 5.41) is 9.05. The van der Waals surface area contributed by atoms with Crippen LogP contribution in [-0.2, 0) is 0 Å². The van der Waals surface area contributed by atoms with Gasteiger partial charge in [-0.15, -0.1) is 0 Å². The van der Waals surface area contributed by atoms with Gasteiger partial charge in [0, 0.05) is 11.8 Å². The third-order valence-electron chi connectivity index (χ3n) is 4.42. The van der Waals surface area contributed by atoms with Gasteiger partial charge in [0.05, 0.1) is 0 Å². The SMILES string of the molecule is O=C(O)n1cccc(C2CCC(=Cc3ccccc3)CC2)c1=O. The maximum atomic E-state index is 12.2. The molecule has 4 nitrogen and oxygen atoms in total. The van der Waals surface area contributed by atoms with Gasteiger partial charge in [0.1, 0.15) is 0 Å². The smallest absolute Gasteiger partial charge is 0.418 e. The number of nitrogens with zero attached hydrogens (tertiary/aromatic N) is 1. The molecule has 0 spiro atoms. The summed E-state index contributed by atoms with van der Waals surface area (Å²) in [5.74, 6) is 0.141. The zero-order valence-electron chi connectivity index (χ0n) is 12.8. The minimum atomic E-state index is -1.22. The van der Waals surface area contributed by atoms with E-state index in [-0.39, 0.29) is 5.92 Å². The number of aromatic nitrogens is 1. The fraction of sp³-hybridized carbons (Fsp3) is 0.263. The van der Waals surface area contributed by atoms with Crippen LogP contribution in [0.5, 0.6) is 0 Å². The lowest BCUT2D eigenvalue weighted by molar-refractivity contribution is 0.195. The van der Waals surface area contributed by atoms with Crippen LogP contribution in [0.4, 0.5) is 4.79 Å². The summed E-state index contributed by atoms with van der Waals surface area (Å²) in [6, 6.07) is 13.6. The predicted molar refractivity (Wildman–Crippen MR) is 89.8 cm³/mol. The Balaban J connectivity index is 1.75. The second-order valence-electron chi connectivity index (χ2n) is 5.91. The summed E-state index contributed by atoms with van der Waals surface area (Å²) in [6.07, 6.45) is 5.96. The Bertz CT molecular complexity index is 780. The van der Waals surface area contributed by atoms with Gasteiger partial charge in [-0.3, -0.25) is 4.79 Å². The van der Waals surface area contributed by atoms with Gasteiger partial charge in [0.2, 0.25) is 0 Å². The molecule has 1 aromatic carbocycles. The summed E-state index contributed by atoms with van der Waals surface area (Å²) in [4.78, 5) is 23.3. The Hall–Kier alpha value is -2.62. The van der Waals surface area contributed by atoms with Crippen molar-refractivity contribution < 1.29 is 9.90 Å². The lowest BCUT2D eigenvalue weighted by Crippen LogP contribution is -2.29. The highest BCUT2D eigenvalue weighted by Crippen LogP contribution is 2.34. The van der Waals surface area contributed by atoms with E-state index < -0.39 is 11.7 Å². The molecule has 1 aliphatic carbocycles. The lowest BCUT2D eigenvalue weighted by atomic mass is 9.81. The predicted octanol–water partition coefficient (Wildman–Crippen LogP) is 4.12. The molecule has 23 heavy (non-hydrogen) atoms. The van der Waals surface area contributed by atoms with Gasteiger partial charge < -0.3 is 5.11 Å². The van der Waals surface area contributed by atoms with Crippen LogP contribution in [0.3, 0.4) is 0 Å². The molecule has 0 bridgehead atoms. The summed E-state index contributed by atoms with van der Waals surface area (Å²) in [5.41, 5.74) is 2.81. The van der Waals surface area contributed by atoms with E-state index in [0.29, 0.717) is 5.56 Å². The molecule has 4 heteroatoms. The first kappa shape index (κ1) is 15.3. The molecule has 1 aromatic heterocycles. The van der Waals surface area contributed by atoms with Crippen molar-refractivity contribution in [2.75, 3.05) is 0 Å². The molecule has 2 aromatic rings. The molecule has 3 rings (SSSR count). The number of carboxylic acid groups (broad SMARTS) is 1. The Kier molecular flexibility index (Phi) is 4.42. The normalized spacial score (nSPS) is 17.7. The molecule has 1 fully saturated rings. The largest absolute Gasteiger partial charge is 0.464 e. The van der Waals surface area contributed by atoms with E-state index in [0.717, 1.165) is 30.3 Å². The number of carbonyl (C=O) groups is 1. The van der Waals surface area contributed by atoms with Crippen molar-refractivity contribution in [3.63, 3.8) is 0 Å². The van der Waals surface area contributed by atoms with E-state index in [1.807, 2.05) is 18.2 Å². The minimum absolute atomic E-state index is 0.141. The van der Waals surface area contributed by atoms with Crippen LogP contribution >= 0.6 is 0 Å². The molecule has 0 saturated heterocycles. The van der Waals surface area contributed by atoms with Gasteiger partial charge >= 0.3 is 6.09 Å². The Labute approximate surface area is 134 Å². The van der Waals surface area contributed by atoms with Crippen LogP contribution < -0.4 is 5.56 Å². The van der Waals surface area contributed by atoms with E-state index in [1.165, 1.54) is 17.3 Å². The van der Waals surface area contributed by atoms with Gasteiger partial charge in [0.15, 0.2) is 0 Å². The molecule has 0 unspecified atom stereocenters. The fourth-order valence-electron chi connectivity index (χ4n) is 3.20. The molecule has 1 heterocycles. The van der Waals surface area contributed by atoms with Gasteiger partial charge in [-0.05, 0) is 43.2 Å². The van der Waals surface area contributed by atoms with Crippen LogP contribution in [0, 0.1) is 0 Å². The second-order valence-corrected chi connectivity index (χ2v) is 5.91. The molecule has 118 valence electrons. The van der Waals surface area contributed by atoms with Gasteiger partial charge in [0.25, 0.3) is 5.56 Å². The highest BCUT2D eigenvalue weighted by Gasteiger charge is 2.22. The van der Waals surface area contributed by atoms with Gasteiger partial charge in [-0.1, -0.05) is 48.0 Å². The molecule has 0 amide bonds. The van der Waals surface area contributed by atoms with E-state index >= 15 is 0 Å². The van der Waals surface area contributed by atoms with E-state index in [4.69, 9.17) is 5.11 Å². The zero-order chi connectivity index (χ0) is 16.2. The molecular formula is C19H19NO3. The van der Waals surface area contributed by atoms with Crippen LogP contribution in [0.25, 0.3) is 6.08 Å². The van der Waals surface area contributed by atoms with Crippen molar-refractivity contribution in [1.82, 2.24) is 4.57 Å². The third-order valence-corrected chi connectivity index (χ3v) is 4.42. The lowest BCUT2D eigenvalue weighted by Gasteiger charge is -2.24. The summed E-state index contributed by atoms with van der Waals surface area (Å²) < 4.78 is 0.769. The second kappa shape index (κ2) is 6.65. The zero-order valence-corrected chi connectivity index (χ0v) is 12.8. The van der Waals surface area contributed by atoms with Crippen molar-refractivity contribution in [2.24, 2.45) is 0 Å². The van der Waals surface area contributed by atoms with Crippen molar-refractivity contribution in [1.29, 1.82) is 0 Å². The van der Waals surface area contributed by atoms with Crippen molar-refractivity contribution in [2.45, 2.75) is 31.6 Å². The first-order valence-corrected chi connectivity index (χ1v) is 7.84. The van der Waals surface area contributed by atoms with E-state index in [2.05, 4.69) is 18.2 Å². The van der Waals surface area contributed by atoms with Crippen LogP contribution in [0.15, 0.2) is 59.0 Å². The van der Waals surface area contributed by atoms with Gasteiger partial charge in [-0.2, -0.15) is 0 Å². The van der Waals surface area contributed by atoms with Crippen LogP contribution in [0.1, 0.15) is 42.7 Å². The highest BCUT2D eigenvalue weighted by atomic mass is 16.4. The minimum Gasteiger partial charge on any atom is -0.464 e. The Morgan fingerprint density at radius 1 is 1.09 bits per heavy atom. The number of allylic oxidation sites excluding steroid dienone is 1. The molecule has 1 N–H and O–H groups in total. The van der Waals surface area contributed by atoms with Crippen molar-refractivity contribution in [3.05, 3.63) is 75.7 Å². The van der Waals surface area contributed by atoms with Crippen molar-refractivity contribution >= 4 is 12.2 Å². The average Bonchev–Trinajstić information content (AvgIpc) is 2.57. The molecule has 1 saturated carbocycles. The highest BCUT2D eigenvalue weighted by molar-refractivity contribution is 5.67. The van der Waals surface area contributed by atoms with Crippen LogP contribution in [-0.4, -0.2) is 15.8 Å². The monoisotopic (exact) mass is 309 g/mol. The first-order chi connectivity index (χ1) is 11.1. The number of hydrogen-bond acceptors (Lipinski definition) is 2. The topological polar surface area (TPSA) is 59.3 Å². The van der Waals surface area contributed by atoms with E-state index in [1.54, 1.807) is 12.1 Å². The number of hydrogen-bond donors (Lipinski definition) is 1. The molecular weight excluding hydrogens is 290 g/mol. The molecule has 0 radical (unpaired) electrons. The number of benzene rings is 1. The summed E-state index contributed by atoms with van der Waals surface area (Å²) in [7, 11) is 0. The standard InChI is InChI=1S/C19H19NO3/c21-18-17(7-4-12-20(18)19(22)23)16-10-8-15(9-11-16)13-14-5-2-1-3-6-14/h1-7,12-13,16H,8-11H2,(H,22,23). The first-order valence-electron chi connectivity index (χ1n) is 7.84. The average molecular weight is 309 g/mol. The van der Waals surface area contributed by atoms with Crippen molar-refractivity contribution in [3.8, 4) is 0 Å². The number of rotatable bonds is 2.